The van der Waals surface area contributed by atoms with Crippen LogP contribution in [0.1, 0.15) is 62.7 Å². The van der Waals surface area contributed by atoms with Crippen LogP contribution in [0.25, 0.3) is 0 Å². The van der Waals surface area contributed by atoms with Gasteiger partial charge in [0.15, 0.2) is 5.78 Å². The van der Waals surface area contributed by atoms with Gasteiger partial charge in [-0.05, 0) is 63.9 Å². The average Bonchev–Trinajstić information content (AvgIpc) is 2.98. The second-order valence-electron chi connectivity index (χ2n) is 7.42. The van der Waals surface area contributed by atoms with Crippen molar-refractivity contribution in [3.8, 4) is 0 Å². The summed E-state index contributed by atoms with van der Waals surface area (Å²) in [6, 6.07) is 5.22. The third-order valence-corrected chi connectivity index (χ3v) is 5.31. The lowest BCUT2D eigenvalue weighted by Crippen LogP contribution is -2.37. The molecule has 0 saturated carbocycles. The first-order chi connectivity index (χ1) is 15.2. The van der Waals surface area contributed by atoms with Gasteiger partial charge >= 0.3 is 5.97 Å². The van der Waals surface area contributed by atoms with E-state index in [0.29, 0.717) is 54.3 Å². The highest BCUT2D eigenvalue weighted by Gasteiger charge is 2.28. The van der Waals surface area contributed by atoms with Crippen molar-refractivity contribution in [1.29, 1.82) is 0 Å². The maximum atomic E-state index is 13.3. The molecule has 0 fully saturated rings. The van der Waals surface area contributed by atoms with Gasteiger partial charge in [-0.25, -0.2) is 9.18 Å². The Morgan fingerprint density at radius 1 is 1.06 bits per heavy atom. The number of nitrogens with zero attached hydrogens (tertiary/aromatic N) is 2. The van der Waals surface area contributed by atoms with E-state index >= 15 is 0 Å². The second-order valence-corrected chi connectivity index (χ2v) is 7.42. The van der Waals surface area contributed by atoms with E-state index in [-0.39, 0.29) is 24.8 Å². The molecule has 32 heavy (non-hydrogen) atoms. The fourth-order valence-electron chi connectivity index (χ4n) is 3.66. The molecular weight excluding hydrogens is 415 g/mol. The maximum Gasteiger partial charge on any atom is 0.355 e. The Morgan fingerprint density at radius 2 is 1.72 bits per heavy atom. The Kier molecular flexibility index (Phi) is 9.13. The van der Waals surface area contributed by atoms with E-state index in [1.807, 2.05) is 6.92 Å². The number of ether oxygens (including phenoxy) is 2. The summed E-state index contributed by atoms with van der Waals surface area (Å²) in [6.07, 6.45) is 0.550. The van der Waals surface area contributed by atoms with E-state index < -0.39 is 11.8 Å². The quantitative estimate of drug-likeness (QED) is 0.299. The van der Waals surface area contributed by atoms with Crippen molar-refractivity contribution >= 4 is 17.7 Å². The fourth-order valence-corrected chi connectivity index (χ4v) is 3.66. The minimum atomic E-state index is -0.495. The number of Topliss-reactive ketones (excluding diaryl/α,β-unsaturated/α-hetero) is 1. The van der Waals surface area contributed by atoms with Crippen LogP contribution in [0.3, 0.4) is 0 Å². The van der Waals surface area contributed by atoms with Crippen LogP contribution in [-0.2, 0) is 16.5 Å². The average molecular weight is 447 g/mol. The molecule has 8 heteroatoms. The molecule has 2 aromatic rings. The van der Waals surface area contributed by atoms with Crippen molar-refractivity contribution in [3.05, 3.63) is 58.2 Å². The Labute approximate surface area is 188 Å². The van der Waals surface area contributed by atoms with Crippen molar-refractivity contribution < 1.29 is 28.2 Å². The largest absolute Gasteiger partial charge is 0.461 e. The number of ketones is 1. The molecule has 0 N–H and O–H groups in total. The Hall–Kier alpha value is -3.00. The number of benzene rings is 1. The van der Waals surface area contributed by atoms with Crippen molar-refractivity contribution in [2.24, 2.45) is 7.05 Å². The Bertz CT molecular complexity index is 966. The van der Waals surface area contributed by atoms with Gasteiger partial charge in [-0.1, -0.05) is 0 Å². The zero-order valence-corrected chi connectivity index (χ0v) is 19.4. The molecule has 0 bridgehead atoms. The third-order valence-electron chi connectivity index (χ3n) is 5.31. The topological polar surface area (TPSA) is 77.8 Å². The Morgan fingerprint density at radius 3 is 2.31 bits per heavy atom. The summed E-state index contributed by atoms with van der Waals surface area (Å²) < 4.78 is 25.4. The summed E-state index contributed by atoms with van der Waals surface area (Å²) in [7, 11) is 1.70. The van der Waals surface area contributed by atoms with E-state index in [0.717, 1.165) is 0 Å². The summed E-state index contributed by atoms with van der Waals surface area (Å²) in [6.45, 7) is 8.43. The number of esters is 1. The van der Waals surface area contributed by atoms with E-state index in [2.05, 4.69) is 0 Å². The summed E-state index contributed by atoms with van der Waals surface area (Å²) >= 11 is 0. The van der Waals surface area contributed by atoms with Gasteiger partial charge in [0.05, 0.1) is 13.2 Å². The molecule has 0 aliphatic rings. The molecule has 1 amide bonds. The van der Waals surface area contributed by atoms with Gasteiger partial charge in [-0.2, -0.15) is 0 Å². The van der Waals surface area contributed by atoms with Gasteiger partial charge in [-0.15, -0.1) is 0 Å². The highest BCUT2D eigenvalue weighted by atomic mass is 19.1. The molecular formula is C24H31FN2O5. The smallest absolute Gasteiger partial charge is 0.355 e. The molecule has 0 atom stereocenters. The van der Waals surface area contributed by atoms with Crippen LogP contribution in [0.15, 0.2) is 24.3 Å². The fraction of sp³-hybridized carbons (Fsp3) is 0.458. The minimum Gasteiger partial charge on any atom is -0.461 e. The van der Waals surface area contributed by atoms with E-state index in [1.165, 1.54) is 29.2 Å². The number of hydrogen-bond donors (Lipinski definition) is 0. The number of carbonyl (C=O) groups excluding carboxylic acids is 3. The van der Waals surface area contributed by atoms with E-state index in [9.17, 15) is 18.8 Å². The lowest BCUT2D eigenvalue weighted by molar-refractivity contribution is 0.0513. The van der Waals surface area contributed by atoms with E-state index in [1.54, 1.807) is 32.4 Å². The standard InChI is InChI=1S/C24H31FN2O5/c1-6-31-14-8-13-27(23(29)18-9-11-19(25)12-10-18)15-20(28)21-16(3)22(24(30)32-7-2)26(5)17(21)4/h9-12H,6-8,13-15H2,1-5H3. The van der Waals surface area contributed by atoms with Gasteiger partial charge in [-0.3, -0.25) is 9.59 Å². The highest BCUT2D eigenvalue weighted by Crippen LogP contribution is 2.23. The van der Waals surface area contributed by atoms with Crippen molar-refractivity contribution in [3.63, 3.8) is 0 Å². The second kappa shape index (κ2) is 11.6. The minimum absolute atomic E-state index is 0.170. The molecule has 1 aromatic carbocycles. The number of carbonyl (C=O) groups is 3. The first-order valence-corrected chi connectivity index (χ1v) is 10.7. The SMILES string of the molecule is CCOCCCN(CC(=O)c1c(C)c(C(=O)OCC)n(C)c1C)C(=O)c1ccc(F)cc1. The van der Waals surface area contributed by atoms with Crippen molar-refractivity contribution in [2.45, 2.75) is 34.1 Å². The lowest BCUT2D eigenvalue weighted by Gasteiger charge is -2.22. The third kappa shape index (κ3) is 5.82. The summed E-state index contributed by atoms with van der Waals surface area (Å²) in [5.41, 5.74) is 2.16. The van der Waals surface area contributed by atoms with Gasteiger partial charge in [0.2, 0.25) is 0 Å². The molecule has 0 aliphatic heterocycles. The summed E-state index contributed by atoms with van der Waals surface area (Å²) in [5.74, 6) is -1.59. The molecule has 0 aliphatic carbocycles. The van der Waals surface area contributed by atoms with Gasteiger partial charge in [0, 0.05) is 43.6 Å². The molecule has 1 heterocycles. The van der Waals surface area contributed by atoms with Crippen LogP contribution >= 0.6 is 0 Å². The predicted octanol–water partition coefficient (Wildman–Crippen LogP) is 3.71. The van der Waals surface area contributed by atoms with Gasteiger partial charge < -0.3 is 18.9 Å². The van der Waals surface area contributed by atoms with Crippen molar-refractivity contribution in [2.75, 3.05) is 32.9 Å². The highest BCUT2D eigenvalue weighted by molar-refractivity contribution is 6.06. The first-order valence-electron chi connectivity index (χ1n) is 10.7. The molecule has 0 unspecified atom stereocenters. The maximum absolute atomic E-state index is 13.3. The zero-order chi connectivity index (χ0) is 23.8. The van der Waals surface area contributed by atoms with Crippen LogP contribution in [-0.4, -0.2) is 60.0 Å². The van der Waals surface area contributed by atoms with Crippen LogP contribution in [0.4, 0.5) is 4.39 Å². The van der Waals surface area contributed by atoms with E-state index in [4.69, 9.17) is 9.47 Å². The van der Waals surface area contributed by atoms with Crippen LogP contribution in [0.5, 0.6) is 0 Å². The number of amides is 1. The number of hydrogen-bond acceptors (Lipinski definition) is 5. The number of aromatic nitrogens is 1. The summed E-state index contributed by atoms with van der Waals surface area (Å²) in [5, 5.41) is 0. The molecule has 0 spiro atoms. The monoisotopic (exact) mass is 446 g/mol. The molecule has 0 radical (unpaired) electrons. The lowest BCUT2D eigenvalue weighted by atomic mass is 10.0. The molecule has 7 nitrogen and oxygen atoms in total. The molecule has 1 aromatic heterocycles. The van der Waals surface area contributed by atoms with Crippen LogP contribution in [0.2, 0.25) is 0 Å². The number of halogens is 1. The predicted molar refractivity (Wildman–Crippen MR) is 119 cm³/mol. The molecule has 0 saturated heterocycles. The summed E-state index contributed by atoms with van der Waals surface area (Å²) in [4.78, 5) is 40.1. The van der Waals surface area contributed by atoms with Gasteiger partial charge in [0.1, 0.15) is 11.5 Å². The molecule has 174 valence electrons. The first kappa shape index (κ1) is 25.3. The zero-order valence-electron chi connectivity index (χ0n) is 19.4. The van der Waals surface area contributed by atoms with Crippen LogP contribution in [0, 0.1) is 19.7 Å². The normalized spacial score (nSPS) is 10.8. The van der Waals surface area contributed by atoms with Gasteiger partial charge in [0.25, 0.3) is 5.91 Å². The molecule has 2 rings (SSSR count). The van der Waals surface area contributed by atoms with Crippen molar-refractivity contribution in [1.82, 2.24) is 9.47 Å². The van der Waals surface area contributed by atoms with Crippen LogP contribution < -0.4 is 0 Å². The number of rotatable bonds is 11. The Balaban J connectivity index is 2.31.